The zero-order valence-electron chi connectivity index (χ0n) is 9.28. The highest BCUT2D eigenvalue weighted by atomic mass is 79.9. The molecule has 1 aromatic heterocycles. The Morgan fingerprint density at radius 1 is 1.41 bits per heavy atom. The molecule has 90 valence electrons. The summed E-state index contributed by atoms with van der Waals surface area (Å²) in [5, 5.41) is 12.9. The lowest BCUT2D eigenvalue weighted by molar-refractivity contribution is 0.179. The van der Waals surface area contributed by atoms with Gasteiger partial charge in [-0.15, -0.1) is 11.3 Å². The van der Waals surface area contributed by atoms with E-state index in [-0.39, 0.29) is 0 Å². The largest absolute Gasteiger partial charge is 0.388 e. The van der Waals surface area contributed by atoms with E-state index >= 15 is 0 Å². The average molecular weight is 332 g/mol. The molecule has 1 aromatic carbocycles. The molecule has 1 unspecified atom stereocenters. The summed E-state index contributed by atoms with van der Waals surface area (Å²) in [5.41, 5.74) is 1.79. The number of thiophene rings is 1. The Kier molecular flexibility index (Phi) is 4.26. The van der Waals surface area contributed by atoms with Crippen LogP contribution in [0, 0.1) is 6.92 Å². The van der Waals surface area contributed by atoms with Crippen molar-refractivity contribution in [1.82, 2.24) is 0 Å². The third kappa shape index (κ3) is 2.91. The molecule has 0 saturated carbocycles. The van der Waals surface area contributed by atoms with Crippen LogP contribution in [0.15, 0.2) is 34.1 Å². The molecule has 1 nitrogen and oxygen atoms in total. The van der Waals surface area contributed by atoms with E-state index in [0.717, 1.165) is 20.5 Å². The Labute approximate surface area is 118 Å². The van der Waals surface area contributed by atoms with Gasteiger partial charge in [0.25, 0.3) is 0 Å². The van der Waals surface area contributed by atoms with E-state index in [4.69, 9.17) is 11.6 Å². The molecule has 1 heterocycles. The second-order valence-corrected chi connectivity index (χ2v) is 6.12. The lowest BCUT2D eigenvalue weighted by atomic mass is 10.0. The van der Waals surface area contributed by atoms with Crippen LogP contribution >= 0.6 is 38.9 Å². The van der Waals surface area contributed by atoms with Gasteiger partial charge < -0.3 is 5.11 Å². The van der Waals surface area contributed by atoms with Crippen molar-refractivity contribution in [1.29, 1.82) is 0 Å². The number of aryl methyl sites for hydroxylation is 1. The van der Waals surface area contributed by atoms with Gasteiger partial charge in [0.05, 0.1) is 6.10 Å². The molecular formula is C13H12BrClOS. The number of aliphatic hydroxyl groups excluding tert-OH is 1. The Hall–Kier alpha value is -0.350. The standard InChI is InChI=1S/C13H12BrClOS/c1-8-3-2-4-9(13(8)15)11(16)7-12-10(14)5-6-17-12/h2-6,11,16H,7H2,1H3. The van der Waals surface area contributed by atoms with Crippen LogP contribution in [0.4, 0.5) is 0 Å². The molecule has 0 aliphatic heterocycles. The Morgan fingerprint density at radius 2 is 2.18 bits per heavy atom. The van der Waals surface area contributed by atoms with Crippen molar-refractivity contribution in [3.05, 3.63) is 55.1 Å². The smallest absolute Gasteiger partial charge is 0.0853 e. The van der Waals surface area contributed by atoms with E-state index in [1.54, 1.807) is 11.3 Å². The topological polar surface area (TPSA) is 20.2 Å². The lowest BCUT2D eigenvalue weighted by Crippen LogP contribution is -2.02. The minimum absolute atomic E-state index is 0.558. The molecule has 1 atom stereocenters. The fourth-order valence-electron chi connectivity index (χ4n) is 1.68. The molecule has 0 radical (unpaired) electrons. The molecule has 2 aromatic rings. The summed E-state index contributed by atoms with van der Waals surface area (Å²) in [6.07, 6.45) is 0.0267. The van der Waals surface area contributed by atoms with Gasteiger partial charge in [0.2, 0.25) is 0 Å². The highest BCUT2D eigenvalue weighted by molar-refractivity contribution is 9.10. The maximum atomic E-state index is 10.2. The van der Waals surface area contributed by atoms with Crippen LogP contribution in [0.3, 0.4) is 0 Å². The van der Waals surface area contributed by atoms with Gasteiger partial charge in [0, 0.05) is 20.8 Å². The first-order valence-corrected chi connectivity index (χ1v) is 7.29. The molecule has 0 spiro atoms. The first-order chi connectivity index (χ1) is 8.09. The van der Waals surface area contributed by atoms with Crippen molar-refractivity contribution in [3.8, 4) is 0 Å². The summed E-state index contributed by atoms with van der Waals surface area (Å²) in [5.74, 6) is 0. The summed E-state index contributed by atoms with van der Waals surface area (Å²) in [4.78, 5) is 1.13. The number of aliphatic hydroxyl groups is 1. The molecule has 0 aliphatic carbocycles. The fraction of sp³-hybridized carbons (Fsp3) is 0.231. The van der Waals surface area contributed by atoms with Gasteiger partial charge in [-0.2, -0.15) is 0 Å². The summed E-state index contributed by atoms with van der Waals surface area (Å²) < 4.78 is 1.05. The first kappa shape index (κ1) is 13.1. The third-order valence-corrected chi connectivity index (χ3v) is 5.12. The van der Waals surface area contributed by atoms with Gasteiger partial charge in [-0.05, 0) is 45.4 Å². The predicted molar refractivity (Wildman–Crippen MR) is 76.9 cm³/mol. The molecule has 0 aliphatic rings. The molecule has 0 fully saturated rings. The quantitative estimate of drug-likeness (QED) is 0.860. The molecule has 0 amide bonds. The zero-order chi connectivity index (χ0) is 12.4. The molecular weight excluding hydrogens is 320 g/mol. The van der Waals surface area contributed by atoms with Gasteiger partial charge in [-0.25, -0.2) is 0 Å². The number of hydrogen-bond acceptors (Lipinski definition) is 2. The number of rotatable bonds is 3. The fourth-order valence-corrected chi connectivity index (χ4v) is 3.49. The zero-order valence-corrected chi connectivity index (χ0v) is 12.4. The van der Waals surface area contributed by atoms with Crippen LogP contribution in [0.2, 0.25) is 5.02 Å². The van der Waals surface area contributed by atoms with E-state index in [2.05, 4.69) is 15.9 Å². The maximum absolute atomic E-state index is 10.2. The third-order valence-electron chi connectivity index (χ3n) is 2.65. The molecule has 0 saturated heterocycles. The van der Waals surface area contributed by atoms with Crippen molar-refractivity contribution in [2.75, 3.05) is 0 Å². The average Bonchev–Trinajstić information content (AvgIpc) is 2.68. The molecule has 2 rings (SSSR count). The molecule has 0 bridgehead atoms. The summed E-state index contributed by atoms with van der Waals surface area (Å²) in [6, 6.07) is 7.73. The van der Waals surface area contributed by atoms with Gasteiger partial charge in [-0.1, -0.05) is 29.8 Å². The van der Waals surface area contributed by atoms with Crippen molar-refractivity contribution in [2.45, 2.75) is 19.4 Å². The highest BCUT2D eigenvalue weighted by Crippen LogP contribution is 2.32. The van der Waals surface area contributed by atoms with Gasteiger partial charge in [0.15, 0.2) is 0 Å². The molecule has 17 heavy (non-hydrogen) atoms. The monoisotopic (exact) mass is 330 g/mol. The number of halogens is 2. The summed E-state index contributed by atoms with van der Waals surface area (Å²) in [7, 11) is 0. The second kappa shape index (κ2) is 5.53. The normalized spacial score (nSPS) is 12.7. The van der Waals surface area contributed by atoms with Crippen molar-refractivity contribution >= 4 is 38.9 Å². The molecule has 1 N–H and O–H groups in total. The Morgan fingerprint density at radius 3 is 2.82 bits per heavy atom. The minimum atomic E-state index is -0.558. The minimum Gasteiger partial charge on any atom is -0.388 e. The molecule has 4 heteroatoms. The van der Waals surface area contributed by atoms with Crippen LogP contribution < -0.4 is 0 Å². The first-order valence-electron chi connectivity index (χ1n) is 5.24. The lowest BCUT2D eigenvalue weighted by Gasteiger charge is -2.13. The summed E-state index contributed by atoms with van der Waals surface area (Å²) >= 11 is 11.3. The van der Waals surface area contributed by atoms with Gasteiger partial charge >= 0.3 is 0 Å². The van der Waals surface area contributed by atoms with E-state index in [1.165, 1.54) is 0 Å². The van der Waals surface area contributed by atoms with Crippen molar-refractivity contribution < 1.29 is 5.11 Å². The van der Waals surface area contributed by atoms with Gasteiger partial charge in [-0.3, -0.25) is 0 Å². The highest BCUT2D eigenvalue weighted by Gasteiger charge is 2.15. The van der Waals surface area contributed by atoms with Gasteiger partial charge in [0.1, 0.15) is 0 Å². The van der Waals surface area contributed by atoms with Crippen LogP contribution in [0.1, 0.15) is 22.1 Å². The Bertz CT molecular complexity index is 524. The van der Waals surface area contributed by atoms with E-state index < -0.39 is 6.10 Å². The maximum Gasteiger partial charge on any atom is 0.0853 e. The SMILES string of the molecule is Cc1cccc(C(O)Cc2sccc2Br)c1Cl. The Balaban J connectivity index is 2.23. The van der Waals surface area contributed by atoms with Crippen LogP contribution in [-0.4, -0.2) is 5.11 Å². The van der Waals surface area contributed by atoms with E-state index in [0.29, 0.717) is 11.4 Å². The number of benzene rings is 1. The van der Waals surface area contributed by atoms with Crippen molar-refractivity contribution in [3.63, 3.8) is 0 Å². The van der Waals surface area contributed by atoms with E-state index in [9.17, 15) is 5.11 Å². The van der Waals surface area contributed by atoms with Crippen LogP contribution in [0.25, 0.3) is 0 Å². The predicted octanol–water partition coefficient (Wildman–Crippen LogP) is 4.75. The second-order valence-electron chi connectivity index (χ2n) is 3.89. The van der Waals surface area contributed by atoms with E-state index in [1.807, 2.05) is 36.6 Å². The summed E-state index contributed by atoms with van der Waals surface area (Å²) in [6.45, 7) is 1.94. The van der Waals surface area contributed by atoms with Crippen LogP contribution in [-0.2, 0) is 6.42 Å². The van der Waals surface area contributed by atoms with Crippen molar-refractivity contribution in [2.24, 2.45) is 0 Å². The van der Waals surface area contributed by atoms with Crippen LogP contribution in [0.5, 0.6) is 0 Å². The number of hydrogen-bond donors (Lipinski definition) is 1.